The van der Waals surface area contributed by atoms with Crippen LogP contribution in [0, 0.1) is 6.92 Å². The molecule has 1 heterocycles. The average Bonchev–Trinajstić information content (AvgIpc) is 2.54. The predicted octanol–water partition coefficient (Wildman–Crippen LogP) is 4.10. The van der Waals surface area contributed by atoms with Crippen molar-refractivity contribution in [2.45, 2.75) is 65.4 Å². The highest BCUT2D eigenvalue weighted by atomic mass is 16.5. The maximum Gasteiger partial charge on any atom is 0.256 e. The molecule has 0 radical (unpaired) electrons. The molecule has 1 aromatic heterocycles. The lowest BCUT2D eigenvalue weighted by atomic mass is 9.97. The molecule has 0 aliphatic rings. The van der Waals surface area contributed by atoms with Crippen LogP contribution in [0.3, 0.4) is 0 Å². The van der Waals surface area contributed by atoms with Crippen LogP contribution in [0.5, 0.6) is 5.88 Å². The fourth-order valence-corrected chi connectivity index (χ4v) is 2.26. The summed E-state index contributed by atoms with van der Waals surface area (Å²) in [4.78, 5) is 16.8. The number of methoxy groups -OCH3 is 1. The van der Waals surface area contributed by atoms with Crippen LogP contribution >= 0.6 is 0 Å². The Hall–Kier alpha value is -1.62. The van der Waals surface area contributed by atoms with Gasteiger partial charge >= 0.3 is 0 Å². The second-order valence-corrected chi connectivity index (χ2v) is 6.04. The Morgan fingerprint density at radius 2 is 2.04 bits per heavy atom. The summed E-state index contributed by atoms with van der Waals surface area (Å²) in [6, 6.07) is 1.87. The molecule has 23 heavy (non-hydrogen) atoms. The van der Waals surface area contributed by atoms with Gasteiger partial charge in [0.1, 0.15) is 5.60 Å². The van der Waals surface area contributed by atoms with E-state index in [1.165, 1.54) is 0 Å². The lowest BCUT2D eigenvalue weighted by Crippen LogP contribution is -2.42. The minimum Gasteiger partial charge on any atom is -0.477 e. The summed E-state index contributed by atoms with van der Waals surface area (Å²) < 4.78 is 11.0. The van der Waals surface area contributed by atoms with Crippen LogP contribution in [0.15, 0.2) is 12.3 Å². The number of nitrogens with zero attached hydrogens (tertiary/aromatic N) is 1. The SMILES string of the molecule is CCCCC[C@](C)(OC)C(=O)Nc1cnc(OCCC)c(C)c1. The topological polar surface area (TPSA) is 60.5 Å². The number of rotatable bonds is 10. The highest BCUT2D eigenvalue weighted by molar-refractivity contribution is 5.97. The van der Waals surface area contributed by atoms with E-state index in [9.17, 15) is 4.79 Å². The third kappa shape index (κ3) is 5.82. The fourth-order valence-electron chi connectivity index (χ4n) is 2.26. The first-order valence-electron chi connectivity index (χ1n) is 8.42. The van der Waals surface area contributed by atoms with Crippen LogP contribution in [0.4, 0.5) is 5.69 Å². The van der Waals surface area contributed by atoms with Gasteiger partial charge in [0.2, 0.25) is 5.88 Å². The van der Waals surface area contributed by atoms with Crippen molar-refractivity contribution < 1.29 is 14.3 Å². The summed E-state index contributed by atoms with van der Waals surface area (Å²) in [7, 11) is 1.58. The molecule has 1 atom stereocenters. The van der Waals surface area contributed by atoms with E-state index in [1.54, 1.807) is 13.3 Å². The number of hydrogen-bond acceptors (Lipinski definition) is 4. The molecule has 1 aromatic rings. The Labute approximate surface area is 139 Å². The zero-order valence-electron chi connectivity index (χ0n) is 15.1. The van der Waals surface area contributed by atoms with Gasteiger partial charge in [0.15, 0.2) is 0 Å². The Kier molecular flexibility index (Phi) is 8.03. The lowest BCUT2D eigenvalue weighted by Gasteiger charge is -2.27. The van der Waals surface area contributed by atoms with Gasteiger partial charge in [0.25, 0.3) is 5.91 Å². The molecule has 0 saturated carbocycles. The maximum absolute atomic E-state index is 12.5. The predicted molar refractivity (Wildman–Crippen MR) is 92.9 cm³/mol. The molecule has 0 spiro atoms. The number of aryl methyl sites for hydroxylation is 1. The van der Waals surface area contributed by atoms with Gasteiger partial charge in [0, 0.05) is 12.7 Å². The number of carbonyl (C=O) groups excluding carboxylic acids is 1. The van der Waals surface area contributed by atoms with E-state index in [1.807, 2.05) is 26.8 Å². The molecule has 1 amide bonds. The number of amides is 1. The Morgan fingerprint density at radius 1 is 1.30 bits per heavy atom. The molecule has 0 aliphatic carbocycles. The van der Waals surface area contributed by atoms with E-state index in [2.05, 4.69) is 17.2 Å². The van der Waals surface area contributed by atoms with E-state index in [4.69, 9.17) is 9.47 Å². The smallest absolute Gasteiger partial charge is 0.256 e. The Morgan fingerprint density at radius 3 is 2.61 bits per heavy atom. The fraction of sp³-hybridized carbons (Fsp3) is 0.667. The first-order valence-corrected chi connectivity index (χ1v) is 8.42. The molecule has 1 rings (SSSR count). The van der Waals surface area contributed by atoms with Crippen molar-refractivity contribution in [3.63, 3.8) is 0 Å². The summed E-state index contributed by atoms with van der Waals surface area (Å²) in [5.41, 5.74) is 0.747. The van der Waals surface area contributed by atoms with Crippen LogP contribution in [-0.4, -0.2) is 30.2 Å². The van der Waals surface area contributed by atoms with Gasteiger partial charge in [0.05, 0.1) is 18.5 Å². The molecular formula is C18H30N2O3. The molecule has 5 nitrogen and oxygen atoms in total. The van der Waals surface area contributed by atoms with Gasteiger partial charge in [-0.3, -0.25) is 4.79 Å². The lowest BCUT2D eigenvalue weighted by molar-refractivity contribution is -0.136. The second-order valence-electron chi connectivity index (χ2n) is 6.04. The number of unbranched alkanes of at least 4 members (excludes halogenated alkanes) is 2. The van der Waals surface area contributed by atoms with Gasteiger partial charge in [-0.1, -0.05) is 33.1 Å². The summed E-state index contributed by atoms with van der Waals surface area (Å²) in [5, 5.41) is 2.90. The summed E-state index contributed by atoms with van der Waals surface area (Å²) in [5.74, 6) is 0.474. The van der Waals surface area contributed by atoms with Crippen LogP contribution in [0.25, 0.3) is 0 Å². The Balaban J connectivity index is 2.73. The number of aromatic nitrogens is 1. The Bertz CT molecular complexity index is 505. The largest absolute Gasteiger partial charge is 0.477 e. The summed E-state index contributed by atoms with van der Waals surface area (Å²) in [6.07, 6.45) is 6.43. The molecule has 0 saturated heterocycles. The number of carbonyl (C=O) groups is 1. The number of hydrogen-bond donors (Lipinski definition) is 1. The molecule has 1 N–H and O–H groups in total. The highest BCUT2D eigenvalue weighted by Crippen LogP contribution is 2.23. The summed E-state index contributed by atoms with van der Waals surface area (Å²) in [6.45, 7) is 8.58. The second kappa shape index (κ2) is 9.50. The monoisotopic (exact) mass is 322 g/mol. The van der Waals surface area contributed by atoms with Crippen LogP contribution in [-0.2, 0) is 9.53 Å². The van der Waals surface area contributed by atoms with Gasteiger partial charge in [-0.2, -0.15) is 0 Å². The zero-order chi connectivity index (χ0) is 17.3. The van der Waals surface area contributed by atoms with Crippen molar-refractivity contribution >= 4 is 11.6 Å². The first kappa shape index (κ1) is 19.4. The van der Waals surface area contributed by atoms with E-state index >= 15 is 0 Å². The van der Waals surface area contributed by atoms with Gasteiger partial charge in [-0.15, -0.1) is 0 Å². The van der Waals surface area contributed by atoms with Crippen molar-refractivity contribution in [2.24, 2.45) is 0 Å². The molecule has 130 valence electrons. The third-order valence-electron chi connectivity index (χ3n) is 3.92. The van der Waals surface area contributed by atoms with Gasteiger partial charge in [-0.05, 0) is 32.8 Å². The molecular weight excluding hydrogens is 292 g/mol. The minimum absolute atomic E-state index is 0.139. The molecule has 0 fully saturated rings. The number of nitrogens with one attached hydrogen (secondary N) is 1. The zero-order valence-corrected chi connectivity index (χ0v) is 15.1. The molecule has 0 aromatic carbocycles. The molecule has 0 bridgehead atoms. The van der Waals surface area contributed by atoms with Crippen molar-refractivity contribution in [2.75, 3.05) is 19.0 Å². The average molecular weight is 322 g/mol. The van der Waals surface area contributed by atoms with Crippen LogP contribution in [0.2, 0.25) is 0 Å². The molecule has 5 heteroatoms. The van der Waals surface area contributed by atoms with Gasteiger partial charge < -0.3 is 14.8 Å². The number of pyridine rings is 1. The first-order chi connectivity index (χ1) is 11.0. The maximum atomic E-state index is 12.5. The number of ether oxygens (including phenoxy) is 2. The van der Waals surface area contributed by atoms with Crippen molar-refractivity contribution in [1.29, 1.82) is 0 Å². The standard InChI is InChI=1S/C18H30N2O3/c1-6-8-9-10-18(4,22-5)17(21)20-15-12-14(3)16(19-13-15)23-11-7-2/h12-13H,6-11H2,1-5H3,(H,20,21)/t18-/m0/s1. The van der Waals surface area contributed by atoms with E-state index in [0.29, 0.717) is 24.6 Å². The normalized spacial score (nSPS) is 13.4. The van der Waals surface area contributed by atoms with Crippen molar-refractivity contribution in [3.8, 4) is 5.88 Å². The number of anilines is 1. The van der Waals surface area contributed by atoms with E-state index in [0.717, 1.165) is 31.2 Å². The molecule has 0 aliphatic heterocycles. The molecule has 0 unspecified atom stereocenters. The highest BCUT2D eigenvalue weighted by Gasteiger charge is 2.32. The van der Waals surface area contributed by atoms with E-state index < -0.39 is 5.60 Å². The minimum atomic E-state index is -0.819. The summed E-state index contributed by atoms with van der Waals surface area (Å²) >= 11 is 0. The van der Waals surface area contributed by atoms with Crippen LogP contribution in [0.1, 0.15) is 58.4 Å². The quantitative estimate of drug-likeness (QED) is 0.659. The third-order valence-corrected chi connectivity index (χ3v) is 3.92. The van der Waals surface area contributed by atoms with Crippen molar-refractivity contribution in [3.05, 3.63) is 17.8 Å². The van der Waals surface area contributed by atoms with Crippen LogP contribution < -0.4 is 10.1 Å². The van der Waals surface area contributed by atoms with E-state index in [-0.39, 0.29) is 5.91 Å². The van der Waals surface area contributed by atoms with Crippen molar-refractivity contribution in [1.82, 2.24) is 4.98 Å². The van der Waals surface area contributed by atoms with Gasteiger partial charge in [-0.25, -0.2) is 4.98 Å².